The number of rotatable bonds is 0. The van der Waals surface area contributed by atoms with Crippen molar-refractivity contribution in [2.24, 2.45) is 0 Å². The van der Waals surface area contributed by atoms with E-state index in [1.54, 1.807) is 0 Å². The van der Waals surface area contributed by atoms with Gasteiger partial charge in [0.2, 0.25) is 0 Å². The zero-order valence-corrected chi connectivity index (χ0v) is 6.50. The van der Waals surface area contributed by atoms with E-state index >= 15 is 0 Å². The monoisotopic (exact) mass is 80.1 g/mol. The molecule has 0 aliphatic heterocycles. The molecule has 26 valence electrons. The summed E-state index contributed by atoms with van der Waals surface area (Å²) in [6, 6.07) is 0. The Balaban J connectivity index is 3.02. The van der Waals surface area contributed by atoms with Crippen LogP contribution >= 0.6 is 0 Å². The SMILES string of the molecule is C[C](C)(C)[Na]. The summed E-state index contributed by atoms with van der Waals surface area (Å²) in [7, 11) is 0. The van der Waals surface area contributed by atoms with Crippen molar-refractivity contribution in [3.05, 3.63) is 0 Å². The van der Waals surface area contributed by atoms with Gasteiger partial charge < -0.3 is 0 Å². The van der Waals surface area contributed by atoms with Crippen molar-refractivity contribution >= 4 is 27.9 Å². The molecule has 0 saturated heterocycles. The first-order valence-electron chi connectivity index (χ1n) is 2.00. The molecule has 0 bridgehead atoms. The maximum absolute atomic E-state index is 2.25. The molecule has 0 unspecified atom stereocenters. The molecule has 0 aliphatic rings. The summed E-state index contributed by atoms with van der Waals surface area (Å²) in [5, 5.41) is 0. The van der Waals surface area contributed by atoms with Gasteiger partial charge in [0.15, 0.2) is 0 Å². The van der Waals surface area contributed by atoms with E-state index in [1.165, 1.54) is 27.9 Å². The van der Waals surface area contributed by atoms with Crippen molar-refractivity contribution in [3.8, 4) is 0 Å². The third-order valence-corrected chi connectivity index (χ3v) is 0. The molecule has 0 N–H and O–H groups in total. The third-order valence-electron chi connectivity index (χ3n) is 0. The molecule has 1 heteroatoms. The second kappa shape index (κ2) is 1.63. The average molecular weight is 80.1 g/mol. The Bertz CT molecular complexity index is 19.1. The van der Waals surface area contributed by atoms with E-state index in [2.05, 4.69) is 20.8 Å². The first-order valence-corrected chi connectivity index (χ1v) is 3.00. The molecule has 0 nitrogen and oxygen atoms in total. The summed E-state index contributed by atoms with van der Waals surface area (Å²) in [4.78, 5) is 0. The minimum absolute atomic E-state index is 0.639. The Kier molecular flexibility index (Phi) is 1.96. The summed E-state index contributed by atoms with van der Waals surface area (Å²) in [6.07, 6.45) is 0. The van der Waals surface area contributed by atoms with Gasteiger partial charge in [-0.2, -0.15) is 0 Å². The van der Waals surface area contributed by atoms with E-state index in [1.807, 2.05) is 0 Å². The molecule has 0 spiro atoms. The second-order valence-electron chi connectivity index (χ2n) is 3.00. The molecule has 0 atom stereocenters. The van der Waals surface area contributed by atoms with Gasteiger partial charge >= 0.3 is 51.4 Å². The van der Waals surface area contributed by atoms with Crippen molar-refractivity contribution in [2.45, 2.75) is 23.4 Å². The van der Waals surface area contributed by atoms with Crippen LogP contribution in [0.4, 0.5) is 0 Å². The van der Waals surface area contributed by atoms with Crippen molar-refractivity contribution < 1.29 is 0 Å². The molecule has 0 aromatic carbocycles. The van der Waals surface area contributed by atoms with Crippen molar-refractivity contribution in [2.75, 3.05) is 0 Å². The summed E-state index contributed by atoms with van der Waals surface area (Å²) in [5.41, 5.74) is 0. The summed E-state index contributed by atoms with van der Waals surface area (Å²) in [5.74, 6) is 0. The number of hydrogen-bond donors (Lipinski definition) is 0. The van der Waals surface area contributed by atoms with Crippen LogP contribution in [-0.2, 0) is 0 Å². The van der Waals surface area contributed by atoms with Gasteiger partial charge in [0.1, 0.15) is 0 Å². The van der Waals surface area contributed by atoms with Gasteiger partial charge in [-0.05, 0) is 0 Å². The summed E-state index contributed by atoms with van der Waals surface area (Å²) in [6.45, 7) is 6.75. The van der Waals surface area contributed by atoms with Crippen LogP contribution in [0, 0.1) is 0 Å². The fraction of sp³-hybridized carbons (Fsp3) is 1.00. The van der Waals surface area contributed by atoms with Gasteiger partial charge in [-0.25, -0.2) is 0 Å². The summed E-state index contributed by atoms with van der Waals surface area (Å²) < 4.78 is 0.639. The van der Waals surface area contributed by atoms with Crippen molar-refractivity contribution in [3.63, 3.8) is 0 Å². The van der Waals surface area contributed by atoms with E-state index in [4.69, 9.17) is 0 Å². The predicted octanol–water partition coefficient (Wildman–Crippen LogP) is 1.37. The Morgan fingerprint density at radius 1 is 1.20 bits per heavy atom. The Labute approximate surface area is 51.4 Å². The normalized spacial score (nSPS) is 12.2. The van der Waals surface area contributed by atoms with Gasteiger partial charge in [0.25, 0.3) is 0 Å². The predicted molar refractivity (Wildman–Crippen MR) is 25.5 cm³/mol. The Morgan fingerprint density at radius 3 is 1.20 bits per heavy atom. The molecular weight excluding hydrogens is 71.0 g/mol. The van der Waals surface area contributed by atoms with E-state index in [-0.39, 0.29) is 0 Å². The van der Waals surface area contributed by atoms with E-state index in [0.29, 0.717) is 2.66 Å². The van der Waals surface area contributed by atoms with Crippen LogP contribution in [0.2, 0.25) is 2.66 Å². The molecule has 0 fully saturated rings. The van der Waals surface area contributed by atoms with Crippen LogP contribution in [-0.4, -0.2) is 27.9 Å². The average Bonchev–Trinajstić information content (AvgIpc) is 0.722. The van der Waals surface area contributed by atoms with E-state index in [0.717, 1.165) is 0 Å². The first kappa shape index (κ1) is 6.00. The van der Waals surface area contributed by atoms with Gasteiger partial charge in [0, 0.05) is 0 Å². The van der Waals surface area contributed by atoms with Gasteiger partial charge in [-0.1, -0.05) is 0 Å². The molecule has 0 saturated carbocycles. The standard InChI is InChI=1S/C4H9.Na/c1-4(2)3;/h1-3H3;. The van der Waals surface area contributed by atoms with Crippen LogP contribution in [0.1, 0.15) is 20.8 Å². The molecule has 0 rings (SSSR count). The maximum atomic E-state index is 2.25. The fourth-order valence-electron chi connectivity index (χ4n) is 0. The Hall–Kier alpha value is 1.00. The first-order chi connectivity index (χ1) is 2.00. The number of hydrogen-bond acceptors (Lipinski definition) is 0. The fourth-order valence-corrected chi connectivity index (χ4v) is 0. The molecule has 0 amide bonds. The molecule has 0 aliphatic carbocycles. The second-order valence-corrected chi connectivity index (χ2v) is 6.00. The van der Waals surface area contributed by atoms with Gasteiger partial charge in [-0.3, -0.25) is 0 Å². The molecular formula is C4H9Na. The van der Waals surface area contributed by atoms with Crippen LogP contribution in [0.25, 0.3) is 0 Å². The van der Waals surface area contributed by atoms with Crippen molar-refractivity contribution in [1.82, 2.24) is 0 Å². The van der Waals surface area contributed by atoms with E-state index < -0.39 is 0 Å². The van der Waals surface area contributed by atoms with Gasteiger partial charge in [-0.15, -0.1) is 0 Å². The van der Waals surface area contributed by atoms with Crippen LogP contribution in [0.3, 0.4) is 0 Å². The van der Waals surface area contributed by atoms with Crippen molar-refractivity contribution in [1.29, 1.82) is 0 Å². The van der Waals surface area contributed by atoms with Crippen LogP contribution in [0.5, 0.6) is 0 Å². The topological polar surface area (TPSA) is 0 Å². The summed E-state index contributed by atoms with van der Waals surface area (Å²) >= 11 is 1.31. The van der Waals surface area contributed by atoms with Gasteiger partial charge in [0.05, 0.1) is 0 Å². The quantitative estimate of drug-likeness (QED) is 0.385. The Morgan fingerprint density at radius 2 is 1.20 bits per heavy atom. The molecule has 0 aromatic rings. The van der Waals surface area contributed by atoms with Crippen LogP contribution < -0.4 is 0 Å². The third kappa shape index (κ3) is 45.0. The van der Waals surface area contributed by atoms with E-state index in [9.17, 15) is 0 Å². The molecule has 0 aromatic heterocycles. The minimum atomic E-state index is 0.639. The molecule has 5 heavy (non-hydrogen) atoms. The molecule has 0 heterocycles. The zero-order valence-electron chi connectivity index (χ0n) is 4.50. The molecule has 0 radical (unpaired) electrons. The van der Waals surface area contributed by atoms with Crippen LogP contribution in [0.15, 0.2) is 0 Å². The zero-order chi connectivity index (χ0) is 4.50.